The number of ether oxygens (including phenoxy) is 1. The second-order valence-corrected chi connectivity index (χ2v) is 5.19. The lowest BCUT2D eigenvalue weighted by Gasteiger charge is -2.22. The largest absolute Gasteiger partial charge is 0.496 e. The van der Waals surface area contributed by atoms with Gasteiger partial charge in [0.15, 0.2) is 0 Å². The minimum absolute atomic E-state index is 0.537. The Balaban J connectivity index is 1.97. The summed E-state index contributed by atoms with van der Waals surface area (Å²) in [4.78, 5) is 2.07. The predicted molar refractivity (Wildman–Crippen MR) is 85.1 cm³/mol. The Morgan fingerprint density at radius 2 is 1.81 bits per heavy atom. The second-order valence-electron chi connectivity index (χ2n) is 5.19. The van der Waals surface area contributed by atoms with Gasteiger partial charge >= 0.3 is 0 Å². The fourth-order valence-corrected chi connectivity index (χ4v) is 2.31. The first-order chi connectivity index (χ1) is 10.1. The van der Waals surface area contributed by atoms with E-state index in [9.17, 15) is 5.11 Å². The molecule has 4 heteroatoms. The van der Waals surface area contributed by atoms with Crippen LogP contribution in [0.15, 0.2) is 48.5 Å². The van der Waals surface area contributed by atoms with E-state index in [-0.39, 0.29) is 0 Å². The molecule has 4 nitrogen and oxygen atoms in total. The third-order valence-electron chi connectivity index (χ3n) is 3.44. The van der Waals surface area contributed by atoms with E-state index in [1.807, 2.05) is 43.4 Å². The third-order valence-corrected chi connectivity index (χ3v) is 3.44. The summed E-state index contributed by atoms with van der Waals surface area (Å²) >= 11 is 0. The number of nitrogens with two attached hydrogens (primary N) is 1. The minimum atomic E-state index is -0.537. The van der Waals surface area contributed by atoms with Crippen LogP contribution in [-0.2, 0) is 6.54 Å². The van der Waals surface area contributed by atoms with E-state index in [0.717, 1.165) is 23.4 Å². The lowest BCUT2D eigenvalue weighted by Crippen LogP contribution is -2.24. The van der Waals surface area contributed by atoms with E-state index in [0.29, 0.717) is 12.2 Å². The lowest BCUT2D eigenvalue weighted by atomic mass is 10.1. The average Bonchev–Trinajstić information content (AvgIpc) is 2.48. The first-order valence-electron chi connectivity index (χ1n) is 6.94. The Kier molecular flexibility index (Phi) is 5.20. The highest BCUT2D eigenvalue weighted by atomic mass is 16.5. The van der Waals surface area contributed by atoms with Gasteiger partial charge in [-0.3, -0.25) is 4.90 Å². The topological polar surface area (TPSA) is 58.7 Å². The van der Waals surface area contributed by atoms with Gasteiger partial charge in [-0.05, 0) is 30.8 Å². The molecule has 0 aliphatic heterocycles. The molecule has 3 N–H and O–H groups in total. The standard InChI is InChI=1S/C17H22N2O2/c1-19(11-14-5-3-4-6-17(14)21-2)12-16(20)13-7-9-15(18)10-8-13/h3-10,16,20H,11-12,18H2,1-2H3. The number of likely N-dealkylation sites (N-methyl/N-ethyl adjacent to an activating group) is 1. The molecule has 0 aliphatic rings. The molecule has 0 amide bonds. The van der Waals surface area contributed by atoms with Gasteiger partial charge in [-0.1, -0.05) is 30.3 Å². The third kappa shape index (κ3) is 4.21. The molecule has 0 spiro atoms. The van der Waals surface area contributed by atoms with Crippen molar-refractivity contribution in [2.75, 3.05) is 26.4 Å². The van der Waals surface area contributed by atoms with E-state index in [1.165, 1.54) is 0 Å². The average molecular weight is 286 g/mol. The van der Waals surface area contributed by atoms with Crippen molar-refractivity contribution in [1.82, 2.24) is 4.90 Å². The zero-order chi connectivity index (χ0) is 15.2. The molecule has 0 aliphatic carbocycles. The smallest absolute Gasteiger partial charge is 0.123 e. The van der Waals surface area contributed by atoms with E-state index in [1.54, 1.807) is 19.2 Å². The van der Waals surface area contributed by atoms with Crippen molar-refractivity contribution in [3.8, 4) is 5.75 Å². The molecule has 2 rings (SSSR count). The van der Waals surface area contributed by atoms with Gasteiger partial charge in [0.2, 0.25) is 0 Å². The molecule has 0 saturated heterocycles. The number of rotatable bonds is 6. The number of anilines is 1. The summed E-state index contributed by atoms with van der Waals surface area (Å²) in [5, 5.41) is 10.3. The molecule has 1 atom stereocenters. The van der Waals surface area contributed by atoms with Gasteiger partial charge in [0.25, 0.3) is 0 Å². The Morgan fingerprint density at radius 1 is 1.14 bits per heavy atom. The molecule has 2 aromatic carbocycles. The highest BCUT2D eigenvalue weighted by Gasteiger charge is 2.12. The summed E-state index contributed by atoms with van der Waals surface area (Å²) in [6.07, 6.45) is -0.537. The first-order valence-corrected chi connectivity index (χ1v) is 6.94. The van der Waals surface area contributed by atoms with Gasteiger partial charge in [0.05, 0.1) is 13.2 Å². The summed E-state index contributed by atoms with van der Waals surface area (Å²) in [6, 6.07) is 15.2. The highest BCUT2D eigenvalue weighted by Crippen LogP contribution is 2.21. The Hall–Kier alpha value is -2.04. The van der Waals surface area contributed by atoms with Crippen LogP contribution in [0.3, 0.4) is 0 Å². The molecule has 1 unspecified atom stereocenters. The molecule has 0 bridgehead atoms. The molecule has 112 valence electrons. The molecule has 0 saturated carbocycles. The van der Waals surface area contributed by atoms with Gasteiger partial charge < -0.3 is 15.6 Å². The molecule has 2 aromatic rings. The van der Waals surface area contributed by atoms with Crippen LogP contribution < -0.4 is 10.5 Å². The molecule has 21 heavy (non-hydrogen) atoms. The lowest BCUT2D eigenvalue weighted by molar-refractivity contribution is 0.123. The predicted octanol–water partition coefficient (Wildman–Crippen LogP) is 2.44. The van der Waals surface area contributed by atoms with Crippen LogP contribution in [-0.4, -0.2) is 30.7 Å². The minimum Gasteiger partial charge on any atom is -0.496 e. The number of nitrogens with zero attached hydrogens (tertiary/aromatic N) is 1. The number of benzene rings is 2. The summed E-state index contributed by atoms with van der Waals surface area (Å²) in [6.45, 7) is 1.26. The van der Waals surface area contributed by atoms with Crippen LogP contribution in [0, 0.1) is 0 Å². The van der Waals surface area contributed by atoms with Crippen LogP contribution in [0.2, 0.25) is 0 Å². The zero-order valence-electron chi connectivity index (χ0n) is 12.5. The van der Waals surface area contributed by atoms with Gasteiger partial charge in [0.1, 0.15) is 5.75 Å². The van der Waals surface area contributed by atoms with Crippen molar-refractivity contribution >= 4 is 5.69 Å². The van der Waals surface area contributed by atoms with Crippen LogP contribution in [0.25, 0.3) is 0 Å². The quantitative estimate of drug-likeness (QED) is 0.801. The maximum absolute atomic E-state index is 10.3. The van der Waals surface area contributed by atoms with E-state index < -0.39 is 6.10 Å². The Bertz CT molecular complexity index is 569. The first kappa shape index (κ1) is 15.4. The molecule has 0 heterocycles. The zero-order valence-corrected chi connectivity index (χ0v) is 12.5. The fourth-order valence-electron chi connectivity index (χ4n) is 2.31. The molecular formula is C17H22N2O2. The fraction of sp³-hybridized carbons (Fsp3) is 0.294. The summed E-state index contributed by atoms with van der Waals surface area (Å²) in [5.74, 6) is 0.867. The SMILES string of the molecule is COc1ccccc1CN(C)CC(O)c1ccc(N)cc1. The Morgan fingerprint density at radius 3 is 2.48 bits per heavy atom. The van der Waals surface area contributed by atoms with Gasteiger partial charge in [0, 0.05) is 24.3 Å². The maximum atomic E-state index is 10.3. The van der Waals surface area contributed by atoms with Crippen molar-refractivity contribution in [2.45, 2.75) is 12.6 Å². The number of hydrogen-bond acceptors (Lipinski definition) is 4. The summed E-state index contributed by atoms with van der Waals surface area (Å²) in [5.41, 5.74) is 8.33. The van der Waals surface area contributed by atoms with Crippen LogP contribution in [0.4, 0.5) is 5.69 Å². The number of hydrogen-bond donors (Lipinski definition) is 2. The van der Waals surface area contributed by atoms with Crippen molar-refractivity contribution in [3.05, 3.63) is 59.7 Å². The number of aliphatic hydroxyl groups is 1. The van der Waals surface area contributed by atoms with E-state index in [2.05, 4.69) is 4.90 Å². The maximum Gasteiger partial charge on any atom is 0.123 e. The second kappa shape index (κ2) is 7.11. The molecule has 0 aromatic heterocycles. The number of aliphatic hydroxyl groups excluding tert-OH is 1. The normalized spacial score (nSPS) is 12.4. The number of nitrogen functional groups attached to an aromatic ring is 1. The Labute approximate surface area is 125 Å². The molecular weight excluding hydrogens is 264 g/mol. The molecule has 0 fully saturated rings. The number of para-hydroxylation sites is 1. The monoisotopic (exact) mass is 286 g/mol. The van der Waals surface area contributed by atoms with E-state index in [4.69, 9.17) is 10.5 Å². The highest BCUT2D eigenvalue weighted by molar-refractivity contribution is 5.40. The van der Waals surface area contributed by atoms with Gasteiger partial charge in [-0.15, -0.1) is 0 Å². The van der Waals surface area contributed by atoms with Gasteiger partial charge in [-0.2, -0.15) is 0 Å². The number of methoxy groups -OCH3 is 1. The van der Waals surface area contributed by atoms with Crippen molar-refractivity contribution in [1.29, 1.82) is 0 Å². The van der Waals surface area contributed by atoms with Crippen LogP contribution in [0.5, 0.6) is 5.75 Å². The summed E-state index contributed by atoms with van der Waals surface area (Å²) in [7, 11) is 3.65. The van der Waals surface area contributed by atoms with Crippen molar-refractivity contribution in [3.63, 3.8) is 0 Å². The van der Waals surface area contributed by atoms with Crippen LogP contribution >= 0.6 is 0 Å². The van der Waals surface area contributed by atoms with Crippen LogP contribution in [0.1, 0.15) is 17.2 Å². The van der Waals surface area contributed by atoms with Crippen molar-refractivity contribution in [2.24, 2.45) is 0 Å². The van der Waals surface area contributed by atoms with Crippen molar-refractivity contribution < 1.29 is 9.84 Å². The van der Waals surface area contributed by atoms with E-state index >= 15 is 0 Å². The van der Waals surface area contributed by atoms with Gasteiger partial charge in [-0.25, -0.2) is 0 Å². The summed E-state index contributed by atoms with van der Waals surface area (Å²) < 4.78 is 5.35. The molecule has 0 radical (unpaired) electrons.